The number of amides is 3. The molecule has 0 radical (unpaired) electrons. The fraction of sp³-hybridized carbons (Fsp3) is 0.143. The molecule has 0 aliphatic rings. The lowest BCUT2D eigenvalue weighted by Crippen LogP contribution is -2.34. The molecule has 1 heterocycles. The molecule has 3 aromatic rings. The maximum Gasteiger partial charge on any atom is 0.321 e. The number of carbonyl (C=O) groups excluding carboxylic acids is 2. The summed E-state index contributed by atoms with van der Waals surface area (Å²) in [5.74, 6) is 0.398. The fourth-order valence-corrected chi connectivity index (χ4v) is 3.26. The Labute approximate surface area is 178 Å². The number of rotatable bonds is 7. The van der Waals surface area contributed by atoms with Gasteiger partial charge in [-0.25, -0.2) is 4.79 Å². The van der Waals surface area contributed by atoms with Crippen molar-refractivity contribution in [1.29, 1.82) is 0 Å². The highest BCUT2D eigenvalue weighted by Crippen LogP contribution is 2.23. The summed E-state index contributed by atoms with van der Waals surface area (Å²) in [5, 5.41) is 8.00. The lowest BCUT2D eigenvalue weighted by Gasteiger charge is -2.19. The first-order valence-electron chi connectivity index (χ1n) is 8.87. The number of anilines is 2. The molecule has 2 N–H and O–H groups in total. The molecular weight excluding hydrogens is 410 g/mol. The number of urea groups is 1. The van der Waals surface area contributed by atoms with E-state index in [9.17, 15) is 9.59 Å². The smallest absolute Gasteiger partial charge is 0.321 e. The monoisotopic (exact) mass is 429 g/mol. The van der Waals surface area contributed by atoms with Gasteiger partial charge in [-0.2, -0.15) is 0 Å². The van der Waals surface area contributed by atoms with Gasteiger partial charge in [0.15, 0.2) is 0 Å². The summed E-state index contributed by atoms with van der Waals surface area (Å²) in [5.41, 5.74) is 1.18. The Balaban J connectivity index is 1.50. The number of thiophene rings is 1. The molecule has 0 aliphatic carbocycles. The number of nitrogens with zero attached hydrogens (tertiary/aromatic N) is 1. The minimum Gasteiger partial charge on any atom is -0.490 e. The topological polar surface area (TPSA) is 70.7 Å². The molecule has 0 saturated carbocycles. The van der Waals surface area contributed by atoms with E-state index >= 15 is 0 Å². The SMILES string of the molecule is CN(CCOc1ccccc1Cl)C(=O)Nc1cccc(NC(=O)c2cccs2)c1. The Bertz CT molecular complexity index is 979. The highest BCUT2D eigenvalue weighted by atomic mass is 35.5. The number of carbonyl (C=O) groups is 2. The zero-order valence-corrected chi connectivity index (χ0v) is 17.3. The lowest BCUT2D eigenvalue weighted by molar-refractivity contribution is 0.103. The van der Waals surface area contributed by atoms with Gasteiger partial charge in [0.1, 0.15) is 12.4 Å². The van der Waals surface area contributed by atoms with Crippen molar-refractivity contribution < 1.29 is 14.3 Å². The van der Waals surface area contributed by atoms with Crippen molar-refractivity contribution in [2.45, 2.75) is 0 Å². The first kappa shape index (κ1) is 20.7. The van der Waals surface area contributed by atoms with Crippen LogP contribution in [0.1, 0.15) is 9.67 Å². The number of hydrogen-bond donors (Lipinski definition) is 2. The van der Waals surface area contributed by atoms with Crippen LogP contribution >= 0.6 is 22.9 Å². The van der Waals surface area contributed by atoms with E-state index in [1.807, 2.05) is 23.6 Å². The Morgan fingerprint density at radius 1 is 1.03 bits per heavy atom. The van der Waals surface area contributed by atoms with Gasteiger partial charge in [0.05, 0.1) is 16.4 Å². The Hall–Kier alpha value is -3.03. The second-order valence-electron chi connectivity index (χ2n) is 6.14. The third-order valence-electron chi connectivity index (χ3n) is 3.98. The van der Waals surface area contributed by atoms with Gasteiger partial charge >= 0.3 is 6.03 Å². The van der Waals surface area contributed by atoms with Crippen molar-refractivity contribution in [3.8, 4) is 5.75 Å². The van der Waals surface area contributed by atoms with Gasteiger partial charge in [0, 0.05) is 18.4 Å². The van der Waals surface area contributed by atoms with Gasteiger partial charge in [-0.3, -0.25) is 4.79 Å². The van der Waals surface area contributed by atoms with E-state index in [1.54, 1.807) is 49.5 Å². The Morgan fingerprint density at radius 2 is 1.79 bits per heavy atom. The standard InChI is InChI=1S/C21H20ClN3O3S/c1-25(11-12-28-18-9-3-2-8-17(18)22)21(27)24-16-7-4-6-15(14-16)23-20(26)19-10-5-13-29-19/h2-10,13-14H,11-12H2,1H3,(H,23,26)(H,24,27). The molecule has 0 aliphatic heterocycles. The average molecular weight is 430 g/mol. The number of likely N-dealkylation sites (N-methyl/N-ethyl adjacent to an activating group) is 1. The van der Waals surface area contributed by atoms with Crippen LogP contribution in [0.25, 0.3) is 0 Å². The average Bonchev–Trinajstić information content (AvgIpc) is 3.24. The highest BCUT2D eigenvalue weighted by molar-refractivity contribution is 7.12. The molecule has 3 amide bonds. The quantitative estimate of drug-likeness (QED) is 0.542. The van der Waals surface area contributed by atoms with E-state index in [1.165, 1.54) is 16.2 Å². The number of halogens is 1. The summed E-state index contributed by atoms with van der Waals surface area (Å²) in [6, 6.07) is 17.5. The summed E-state index contributed by atoms with van der Waals surface area (Å²) in [6.45, 7) is 0.691. The van der Waals surface area contributed by atoms with Gasteiger partial charge in [0.25, 0.3) is 5.91 Å². The highest BCUT2D eigenvalue weighted by Gasteiger charge is 2.11. The molecule has 2 aromatic carbocycles. The summed E-state index contributed by atoms with van der Waals surface area (Å²) in [4.78, 5) is 26.7. The molecule has 0 spiro atoms. The van der Waals surface area contributed by atoms with Crippen LogP contribution in [0.15, 0.2) is 66.0 Å². The first-order valence-corrected chi connectivity index (χ1v) is 10.1. The number of hydrogen-bond acceptors (Lipinski definition) is 4. The molecule has 0 saturated heterocycles. The van der Waals surface area contributed by atoms with Crippen LogP contribution in [0.5, 0.6) is 5.75 Å². The molecule has 1 aromatic heterocycles. The van der Waals surface area contributed by atoms with Crippen molar-refractivity contribution in [3.63, 3.8) is 0 Å². The molecule has 3 rings (SSSR count). The van der Waals surface area contributed by atoms with Gasteiger partial charge in [0.2, 0.25) is 0 Å². The summed E-state index contributed by atoms with van der Waals surface area (Å²) < 4.78 is 5.61. The number of benzene rings is 2. The minimum absolute atomic E-state index is 0.183. The molecule has 150 valence electrons. The molecule has 29 heavy (non-hydrogen) atoms. The molecule has 6 nitrogen and oxygen atoms in total. The second-order valence-corrected chi connectivity index (χ2v) is 7.50. The summed E-state index contributed by atoms with van der Waals surface area (Å²) in [7, 11) is 1.67. The largest absolute Gasteiger partial charge is 0.490 e. The normalized spacial score (nSPS) is 10.3. The maximum atomic E-state index is 12.4. The molecular formula is C21H20ClN3O3S. The van der Waals surface area contributed by atoms with E-state index in [2.05, 4.69) is 10.6 Å². The van der Waals surface area contributed by atoms with Gasteiger partial charge in [-0.15, -0.1) is 11.3 Å². The van der Waals surface area contributed by atoms with Crippen LogP contribution in [0.4, 0.5) is 16.2 Å². The predicted molar refractivity (Wildman–Crippen MR) is 117 cm³/mol. The van der Waals surface area contributed by atoms with Crippen LogP contribution in [0.3, 0.4) is 0 Å². The maximum absolute atomic E-state index is 12.4. The van der Waals surface area contributed by atoms with Gasteiger partial charge in [-0.05, 0) is 41.8 Å². The predicted octanol–water partition coefficient (Wildman–Crippen LogP) is 5.20. The number of ether oxygens (including phenoxy) is 1. The van der Waals surface area contributed by atoms with E-state index in [0.717, 1.165) is 0 Å². The Morgan fingerprint density at radius 3 is 2.52 bits per heavy atom. The molecule has 0 unspecified atom stereocenters. The fourth-order valence-electron chi connectivity index (χ4n) is 2.45. The Kier molecular flexibility index (Phi) is 7.10. The lowest BCUT2D eigenvalue weighted by atomic mass is 10.2. The van der Waals surface area contributed by atoms with Crippen molar-refractivity contribution in [2.75, 3.05) is 30.8 Å². The minimum atomic E-state index is -0.283. The van der Waals surface area contributed by atoms with Gasteiger partial charge < -0.3 is 20.3 Å². The third kappa shape index (κ3) is 5.97. The van der Waals surface area contributed by atoms with E-state index in [4.69, 9.17) is 16.3 Å². The number of para-hydroxylation sites is 1. The van der Waals surface area contributed by atoms with E-state index < -0.39 is 0 Å². The zero-order chi connectivity index (χ0) is 20.6. The third-order valence-corrected chi connectivity index (χ3v) is 5.17. The first-order chi connectivity index (χ1) is 14.0. The van der Waals surface area contributed by atoms with Crippen LogP contribution in [-0.4, -0.2) is 37.0 Å². The van der Waals surface area contributed by atoms with E-state index in [-0.39, 0.29) is 11.9 Å². The van der Waals surface area contributed by atoms with Crippen LogP contribution in [0.2, 0.25) is 5.02 Å². The van der Waals surface area contributed by atoms with Crippen molar-refractivity contribution >= 4 is 46.3 Å². The summed E-state index contributed by atoms with van der Waals surface area (Å²) in [6.07, 6.45) is 0. The molecule has 0 atom stereocenters. The van der Waals surface area contributed by atoms with Crippen molar-refractivity contribution in [1.82, 2.24) is 4.90 Å². The van der Waals surface area contributed by atoms with Crippen LogP contribution in [0, 0.1) is 0 Å². The second kappa shape index (κ2) is 9.95. The zero-order valence-electron chi connectivity index (χ0n) is 15.7. The molecule has 0 fully saturated rings. The van der Waals surface area contributed by atoms with Crippen molar-refractivity contribution in [3.05, 3.63) is 75.9 Å². The van der Waals surface area contributed by atoms with Crippen molar-refractivity contribution in [2.24, 2.45) is 0 Å². The van der Waals surface area contributed by atoms with E-state index in [0.29, 0.717) is 40.2 Å². The summed E-state index contributed by atoms with van der Waals surface area (Å²) >= 11 is 7.41. The number of nitrogens with one attached hydrogen (secondary N) is 2. The molecule has 8 heteroatoms. The van der Waals surface area contributed by atoms with Crippen LogP contribution in [-0.2, 0) is 0 Å². The van der Waals surface area contributed by atoms with Crippen LogP contribution < -0.4 is 15.4 Å². The van der Waals surface area contributed by atoms with Gasteiger partial charge in [-0.1, -0.05) is 35.9 Å². The molecule has 0 bridgehead atoms.